The van der Waals surface area contributed by atoms with Crippen molar-refractivity contribution in [1.82, 2.24) is 0 Å². The number of benzene rings is 2. The van der Waals surface area contributed by atoms with Gasteiger partial charge in [0.05, 0.1) is 22.3 Å². The third-order valence-corrected chi connectivity index (χ3v) is 3.68. The van der Waals surface area contributed by atoms with Gasteiger partial charge in [0.2, 0.25) is 0 Å². The molecule has 2 nitrogen and oxygen atoms in total. The van der Waals surface area contributed by atoms with Crippen LogP contribution in [0.15, 0.2) is 40.9 Å². The number of anilines is 2. The van der Waals surface area contributed by atoms with Crippen molar-refractivity contribution in [3.05, 3.63) is 55.0 Å². The van der Waals surface area contributed by atoms with E-state index in [0.717, 1.165) is 19.4 Å². The molecule has 5 heteroatoms. The van der Waals surface area contributed by atoms with Gasteiger partial charge in [-0.2, -0.15) is 5.26 Å². The molecule has 2 aromatic carbocycles. The predicted octanol–water partition coefficient (Wildman–Crippen LogP) is 5.32. The summed E-state index contributed by atoms with van der Waals surface area (Å²) in [6.07, 6.45) is 0. The average Bonchev–Trinajstić information content (AvgIpc) is 2.32. The Labute approximate surface area is 132 Å². The third-order valence-electron chi connectivity index (χ3n) is 2.24. The minimum atomic E-state index is 0.591. The van der Waals surface area contributed by atoms with E-state index in [1.807, 2.05) is 24.3 Å². The van der Waals surface area contributed by atoms with Crippen LogP contribution in [-0.4, -0.2) is 0 Å². The summed E-state index contributed by atoms with van der Waals surface area (Å²) in [6.45, 7) is 0. The van der Waals surface area contributed by atoms with Crippen molar-refractivity contribution in [2.24, 2.45) is 0 Å². The predicted molar refractivity (Wildman–Crippen MR) is 86.3 cm³/mol. The van der Waals surface area contributed by atoms with E-state index in [1.54, 1.807) is 12.1 Å². The number of rotatable bonds is 2. The summed E-state index contributed by atoms with van der Waals surface area (Å²) in [5.74, 6) is 0. The number of hydrogen-bond donors (Lipinski definition) is 1. The second-order valence-corrected chi connectivity index (χ2v) is 6.16. The topological polar surface area (TPSA) is 35.8 Å². The Bertz CT molecular complexity index is 637. The Balaban J connectivity index is 2.34. The maximum atomic E-state index is 8.92. The zero-order valence-electron chi connectivity index (χ0n) is 9.05. The first-order valence-electron chi connectivity index (χ1n) is 5.01. The first-order chi connectivity index (χ1) is 8.58. The van der Waals surface area contributed by atoms with Crippen molar-refractivity contribution in [1.29, 1.82) is 5.26 Å². The Kier molecular flexibility index (Phi) is 4.49. The van der Waals surface area contributed by atoms with Gasteiger partial charge in [-0.3, -0.25) is 0 Å². The molecule has 2 aromatic rings. The first-order valence-corrected chi connectivity index (χ1v) is 7.26. The summed E-state index contributed by atoms with van der Waals surface area (Å²) in [5.41, 5.74) is 2.23. The van der Waals surface area contributed by atoms with E-state index in [9.17, 15) is 0 Å². The van der Waals surface area contributed by atoms with Gasteiger partial charge in [0.25, 0.3) is 0 Å². The van der Waals surface area contributed by atoms with E-state index < -0.39 is 0 Å². The third kappa shape index (κ3) is 3.37. The van der Waals surface area contributed by atoms with E-state index in [2.05, 4.69) is 49.9 Å². The highest BCUT2D eigenvalue weighted by atomic mass is 127. The number of halogens is 3. The second kappa shape index (κ2) is 5.91. The molecule has 0 aliphatic rings. The Morgan fingerprint density at radius 3 is 2.67 bits per heavy atom. The van der Waals surface area contributed by atoms with E-state index in [1.165, 1.54) is 0 Å². The van der Waals surface area contributed by atoms with Gasteiger partial charge in [0, 0.05) is 13.7 Å². The molecule has 0 aromatic heterocycles. The zero-order chi connectivity index (χ0) is 13.1. The molecule has 1 N–H and O–H groups in total. The molecular formula is C13H7BrClIN2. The molecule has 18 heavy (non-hydrogen) atoms. The lowest BCUT2D eigenvalue weighted by molar-refractivity contribution is 1.46. The monoisotopic (exact) mass is 432 g/mol. The van der Waals surface area contributed by atoms with E-state index >= 15 is 0 Å². The Morgan fingerprint density at radius 1 is 1.22 bits per heavy atom. The standard InChI is InChI=1S/C13H7BrClIN2/c14-9-3-8(7-17)4-11(5-9)18-13-2-1-10(16)6-12(13)15/h1-6,18H. The lowest BCUT2D eigenvalue weighted by Crippen LogP contribution is -1.92. The molecule has 0 unspecified atom stereocenters. The first kappa shape index (κ1) is 13.7. The maximum Gasteiger partial charge on any atom is 0.0992 e. The molecule has 0 amide bonds. The van der Waals surface area contributed by atoms with Crippen molar-refractivity contribution in [2.45, 2.75) is 0 Å². The molecule has 0 heterocycles. The summed E-state index contributed by atoms with van der Waals surface area (Å²) < 4.78 is 1.93. The second-order valence-electron chi connectivity index (χ2n) is 3.59. The Hall–Kier alpha value is -0.770. The van der Waals surface area contributed by atoms with Gasteiger partial charge in [-0.1, -0.05) is 27.5 Å². The molecule has 0 saturated carbocycles. The van der Waals surface area contributed by atoms with Crippen molar-refractivity contribution in [3.63, 3.8) is 0 Å². The van der Waals surface area contributed by atoms with Gasteiger partial charge in [-0.05, 0) is 59.0 Å². The number of hydrogen-bond acceptors (Lipinski definition) is 2. The van der Waals surface area contributed by atoms with Crippen LogP contribution in [0.2, 0.25) is 5.02 Å². The molecule has 2 rings (SSSR count). The molecule has 0 radical (unpaired) electrons. The molecule has 0 spiro atoms. The minimum absolute atomic E-state index is 0.591. The lowest BCUT2D eigenvalue weighted by atomic mass is 10.2. The van der Waals surface area contributed by atoms with Gasteiger partial charge < -0.3 is 5.32 Å². The highest BCUT2D eigenvalue weighted by molar-refractivity contribution is 14.1. The molecular weight excluding hydrogens is 426 g/mol. The van der Waals surface area contributed by atoms with Crippen LogP contribution in [0.1, 0.15) is 5.56 Å². The summed E-state index contributed by atoms with van der Waals surface area (Å²) in [5, 5.41) is 12.8. The van der Waals surface area contributed by atoms with E-state index in [0.29, 0.717) is 10.6 Å². The fourth-order valence-electron chi connectivity index (χ4n) is 1.47. The largest absolute Gasteiger partial charge is 0.354 e. The number of nitrogens with zero attached hydrogens (tertiary/aromatic N) is 1. The summed E-state index contributed by atoms with van der Waals surface area (Å²) >= 11 is 11.7. The molecule has 0 bridgehead atoms. The van der Waals surface area contributed by atoms with Gasteiger partial charge in [-0.25, -0.2) is 0 Å². The minimum Gasteiger partial charge on any atom is -0.354 e. The van der Waals surface area contributed by atoms with Crippen LogP contribution in [0.25, 0.3) is 0 Å². The van der Waals surface area contributed by atoms with Crippen LogP contribution in [0.4, 0.5) is 11.4 Å². The zero-order valence-corrected chi connectivity index (χ0v) is 13.5. The summed E-state index contributed by atoms with van der Waals surface area (Å²) in [7, 11) is 0. The lowest BCUT2D eigenvalue weighted by Gasteiger charge is -2.09. The van der Waals surface area contributed by atoms with Crippen LogP contribution in [0.3, 0.4) is 0 Å². The van der Waals surface area contributed by atoms with Crippen LogP contribution in [0, 0.1) is 14.9 Å². The van der Waals surface area contributed by atoms with Crippen molar-refractivity contribution in [2.75, 3.05) is 5.32 Å². The van der Waals surface area contributed by atoms with Gasteiger partial charge in [0.1, 0.15) is 0 Å². The molecule has 0 aliphatic heterocycles. The molecule has 0 fully saturated rings. The normalized spacial score (nSPS) is 9.89. The van der Waals surface area contributed by atoms with Crippen LogP contribution < -0.4 is 5.32 Å². The van der Waals surface area contributed by atoms with Crippen LogP contribution >= 0.6 is 50.1 Å². The van der Waals surface area contributed by atoms with Gasteiger partial charge in [0.15, 0.2) is 0 Å². The van der Waals surface area contributed by atoms with Gasteiger partial charge in [-0.15, -0.1) is 0 Å². The fraction of sp³-hybridized carbons (Fsp3) is 0. The smallest absolute Gasteiger partial charge is 0.0992 e. The molecule has 0 saturated heterocycles. The number of nitriles is 1. The van der Waals surface area contributed by atoms with E-state index in [4.69, 9.17) is 16.9 Å². The molecule has 0 aliphatic carbocycles. The fourth-order valence-corrected chi connectivity index (χ4v) is 2.87. The highest BCUT2D eigenvalue weighted by Gasteiger charge is 2.03. The van der Waals surface area contributed by atoms with Crippen molar-refractivity contribution >= 4 is 61.5 Å². The number of nitrogens with one attached hydrogen (secondary N) is 1. The van der Waals surface area contributed by atoms with Crippen LogP contribution in [-0.2, 0) is 0 Å². The summed E-state index contributed by atoms with van der Waals surface area (Å²) in [6, 6.07) is 13.3. The average molecular weight is 433 g/mol. The molecule has 0 atom stereocenters. The van der Waals surface area contributed by atoms with E-state index in [-0.39, 0.29) is 0 Å². The SMILES string of the molecule is N#Cc1cc(Br)cc(Nc2ccc(I)cc2Cl)c1. The Morgan fingerprint density at radius 2 is 2.00 bits per heavy atom. The molecule has 90 valence electrons. The van der Waals surface area contributed by atoms with Crippen LogP contribution in [0.5, 0.6) is 0 Å². The quantitative estimate of drug-likeness (QED) is 0.651. The summed E-state index contributed by atoms with van der Waals surface area (Å²) in [4.78, 5) is 0. The maximum absolute atomic E-state index is 8.92. The highest BCUT2D eigenvalue weighted by Crippen LogP contribution is 2.28. The van der Waals surface area contributed by atoms with Gasteiger partial charge >= 0.3 is 0 Å². The van der Waals surface area contributed by atoms with Crippen molar-refractivity contribution in [3.8, 4) is 6.07 Å². The van der Waals surface area contributed by atoms with Crippen molar-refractivity contribution < 1.29 is 0 Å².